The minimum atomic E-state index is -1.16. The first-order chi connectivity index (χ1) is 7.92. The SMILES string of the molecule is C[Si](C)(C)CCOC(=O)N1CCC=C(C=O)C1. The van der Waals surface area contributed by atoms with Crippen molar-refractivity contribution in [2.24, 2.45) is 0 Å². The van der Waals surface area contributed by atoms with Crippen LogP contribution in [0.2, 0.25) is 25.7 Å². The van der Waals surface area contributed by atoms with E-state index in [0.29, 0.717) is 25.3 Å². The van der Waals surface area contributed by atoms with E-state index in [2.05, 4.69) is 19.6 Å². The molecule has 1 heterocycles. The van der Waals surface area contributed by atoms with Gasteiger partial charge >= 0.3 is 6.09 Å². The lowest BCUT2D eigenvalue weighted by molar-refractivity contribution is -0.105. The number of ether oxygens (including phenoxy) is 1. The lowest BCUT2D eigenvalue weighted by Crippen LogP contribution is -2.37. The van der Waals surface area contributed by atoms with Crippen molar-refractivity contribution in [3.8, 4) is 0 Å². The summed E-state index contributed by atoms with van der Waals surface area (Å²) in [7, 11) is -1.16. The maximum atomic E-state index is 11.7. The molecule has 1 aliphatic rings. The second kappa shape index (κ2) is 6.00. The molecule has 0 unspecified atom stereocenters. The van der Waals surface area contributed by atoms with Crippen LogP contribution in [0.1, 0.15) is 6.42 Å². The van der Waals surface area contributed by atoms with Gasteiger partial charge in [-0.2, -0.15) is 0 Å². The summed E-state index contributed by atoms with van der Waals surface area (Å²) in [6.45, 7) is 8.25. The van der Waals surface area contributed by atoms with Crippen molar-refractivity contribution in [3.63, 3.8) is 0 Å². The van der Waals surface area contributed by atoms with Gasteiger partial charge in [0.25, 0.3) is 0 Å². The first kappa shape index (κ1) is 14.0. The molecule has 1 rings (SSSR count). The molecule has 0 atom stereocenters. The molecule has 0 saturated heterocycles. The van der Waals surface area contributed by atoms with Crippen LogP contribution in [0.4, 0.5) is 4.79 Å². The summed E-state index contributed by atoms with van der Waals surface area (Å²) in [4.78, 5) is 23.9. The van der Waals surface area contributed by atoms with E-state index in [-0.39, 0.29) is 6.09 Å². The maximum absolute atomic E-state index is 11.7. The van der Waals surface area contributed by atoms with Crippen LogP contribution >= 0.6 is 0 Å². The van der Waals surface area contributed by atoms with E-state index in [1.54, 1.807) is 4.90 Å². The molecular formula is C12H21NO3Si. The number of amides is 1. The van der Waals surface area contributed by atoms with Crippen LogP contribution in [-0.4, -0.2) is 45.0 Å². The van der Waals surface area contributed by atoms with Gasteiger partial charge in [0.05, 0.1) is 13.2 Å². The Balaban J connectivity index is 2.34. The number of aldehydes is 1. The Morgan fingerprint density at radius 2 is 2.24 bits per heavy atom. The van der Waals surface area contributed by atoms with Crippen LogP contribution in [-0.2, 0) is 9.53 Å². The summed E-state index contributed by atoms with van der Waals surface area (Å²) in [5.41, 5.74) is 0.665. The molecule has 0 aromatic carbocycles. The Morgan fingerprint density at radius 1 is 1.53 bits per heavy atom. The molecule has 0 fully saturated rings. The summed E-state index contributed by atoms with van der Waals surface area (Å²) < 4.78 is 5.23. The predicted molar refractivity (Wildman–Crippen MR) is 69.8 cm³/mol. The Bertz CT molecular complexity index is 320. The van der Waals surface area contributed by atoms with E-state index < -0.39 is 8.07 Å². The Labute approximate surface area is 104 Å². The fourth-order valence-corrected chi connectivity index (χ4v) is 2.26. The van der Waals surface area contributed by atoms with E-state index in [1.807, 2.05) is 6.08 Å². The van der Waals surface area contributed by atoms with Crippen molar-refractivity contribution in [2.75, 3.05) is 19.7 Å². The standard InChI is InChI=1S/C12H21NO3Si/c1-17(2,3)8-7-16-12(15)13-6-4-5-11(9-13)10-14/h5,10H,4,6-9H2,1-3H3. The first-order valence-corrected chi connectivity index (χ1v) is 9.69. The molecule has 1 aliphatic heterocycles. The van der Waals surface area contributed by atoms with Crippen molar-refractivity contribution in [3.05, 3.63) is 11.6 Å². The Hall–Kier alpha value is -1.10. The summed E-state index contributed by atoms with van der Waals surface area (Å²) in [5.74, 6) is 0. The molecular weight excluding hydrogens is 234 g/mol. The van der Waals surface area contributed by atoms with Gasteiger partial charge in [-0.25, -0.2) is 4.79 Å². The molecule has 1 amide bonds. The minimum Gasteiger partial charge on any atom is -0.450 e. The highest BCUT2D eigenvalue weighted by molar-refractivity contribution is 6.76. The Kier molecular flexibility index (Phi) is 4.93. The second-order valence-electron chi connectivity index (χ2n) is 5.53. The highest BCUT2D eigenvalue weighted by Gasteiger charge is 2.20. The molecule has 5 heteroatoms. The average Bonchev–Trinajstić information content (AvgIpc) is 2.27. The summed E-state index contributed by atoms with van der Waals surface area (Å²) >= 11 is 0. The summed E-state index contributed by atoms with van der Waals surface area (Å²) in [6.07, 6.45) is 3.12. The van der Waals surface area contributed by atoms with E-state index in [1.165, 1.54) is 0 Å². The van der Waals surface area contributed by atoms with Crippen molar-refractivity contribution >= 4 is 20.5 Å². The lowest BCUT2D eigenvalue weighted by atomic mass is 10.1. The maximum Gasteiger partial charge on any atom is 0.410 e. The molecule has 0 aromatic heterocycles. The van der Waals surface area contributed by atoms with Crippen LogP contribution in [0.25, 0.3) is 0 Å². The van der Waals surface area contributed by atoms with Gasteiger partial charge in [-0.3, -0.25) is 4.79 Å². The molecule has 0 aromatic rings. The molecule has 96 valence electrons. The van der Waals surface area contributed by atoms with E-state index >= 15 is 0 Å². The van der Waals surface area contributed by atoms with Gasteiger partial charge in [0.1, 0.15) is 6.29 Å². The van der Waals surface area contributed by atoms with Gasteiger partial charge < -0.3 is 9.64 Å². The van der Waals surface area contributed by atoms with Crippen molar-refractivity contribution in [1.82, 2.24) is 4.90 Å². The largest absolute Gasteiger partial charge is 0.450 e. The van der Waals surface area contributed by atoms with Crippen molar-refractivity contribution in [2.45, 2.75) is 32.1 Å². The smallest absolute Gasteiger partial charge is 0.410 e. The van der Waals surface area contributed by atoms with Gasteiger partial charge in [0, 0.05) is 20.2 Å². The molecule has 0 saturated carbocycles. The van der Waals surface area contributed by atoms with Crippen LogP contribution < -0.4 is 0 Å². The molecule has 4 nitrogen and oxygen atoms in total. The van der Waals surface area contributed by atoms with Crippen LogP contribution in [0.5, 0.6) is 0 Å². The van der Waals surface area contributed by atoms with Gasteiger partial charge in [-0.05, 0) is 12.5 Å². The van der Waals surface area contributed by atoms with Crippen LogP contribution in [0, 0.1) is 0 Å². The average molecular weight is 255 g/mol. The van der Waals surface area contributed by atoms with Gasteiger partial charge in [-0.15, -0.1) is 0 Å². The van der Waals surface area contributed by atoms with Gasteiger partial charge in [0.2, 0.25) is 0 Å². The monoisotopic (exact) mass is 255 g/mol. The molecule has 0 aliphatic carbocycles. The zero-order valence-corrected chi connectivity index (χ0v) is 11.9. The quantitative estimate of drug-likeness (QED) is 0.572. The highest BCUT2D eigenvalue weighted by Crippen LogP contribution is 2.11. The second-order valence-corrected chi connectivity index (χ2v) is 11.2. The number of nitrogens with zero attached hydrogens (tertiary/aromatic N) is 1. The summed E-state index contributed by atoms with van der Waals surface area (Å²) in [5, 5.41) is 0. The Morgan fingerprint density at radius 3 is 2.82 bits per heavy atom. The third-order valence-electron chi connectivity index (χ3n) is 2.67. The molecule has 0 bridgehead atoms. The van der Waals surface area contributed by atoms with E-state index in [0.717, 1.165) is 18.8 Å². The number of carbonyl (C=O) groups is 2. The lowest BCUT2D eigenvalue weighted by Gasteiger charge is -2.25. The fraction of sp³-hybridized carbons (Fsp3) is 0.667. The fourth-order valence-electron chi connectivity index (χ4n) is 1.55. The van der Waals surface area contributed by atoms with Crippen molar-refractivity contribution in [1.29, 1.82) is 0 Å². The van der Waals surface area contributed by atoms with Gasteiger partial charge in [-0.1, -0.05) is 25.7 Å². The molecule has 0 spiro atoms. The number of rotatable bonds is 4. The van der Waals surface area contributed by atoms with Crippen LogP contribution in [0.15, 0.2) is 11.6 Å². The first-order valence-electron chi connectivity index (χ1n) is 5.98. The van der Waals surface area contributed by atoms with Gasteiger partial charge in [0.15, 0.2) is 0 Å². The van der Waals surface area contributed by atoms with Crippen LogP contribution in [0.3, 0.4) is 0 Å². The van der Waals surface area contributed by atoms with E-state index in [4.69, 9.17) is 4.74 Å². The number of hydrogen-bond acceptors (Lipinski definition) is 3. The highest BCUT2D eigenvalue weighted by atomic mass is 28.3. The normalized spacial score (nSPS) is 16.4. The topological polar surface area (TPSA) is 46.6 Å². The van der Waals surface area contributed by atoms with Crippen molar-refractivity contribution < 1.29 is 14.3 Å². The molecule has 17 heavy (non-hydrogen) atoms. The summed E-state index contributed by atoms with van der Waals surface area (Å²) in [6, 6.07) is 0.975. The number of hydrogen-bond donors (Lipinski definition) is 0. The molecule has 0 N–H and O–H groups in total. The third kappa shape index (κ3) is 5.17. The third-order valence-corrected chi connectivity index (χ3v) is 4.37. The van der Waals surface area contributed by atoms with E-state index in [9.17, 15) is 9.59 Å². The zero-order valence-electron chi connectivity index (χ0n) is 10.9. The number of carbonyl (C=O) groups excluding carboxylic acids is 2. The zero-order chi connectivity index (χ0) is 12.9. The molecule has 0 radical (unpaired) electrons. The predicted octanol–water partition coefficient (Wildman–Crippen LogP) is 2.29. The minimum absolute atomic E-state index is 0.296.